The van der Waals surface area contributed by atoms with Crippen molar-refractivity contribution in [3.05, 3.63) is 65.1 Å². The van der Waals surface area contributed by atoms with Gasteiger partial charge in [0, 0.05) is 24.3 Å². The van der Waals surface area contributed by atoms with Gasteiger partial charge in [0.25, 0.3) is 0 Å². The average molecular weight is 262 g/mol. The zero-order chi connectivity index (χ0) is 14.1. The molecule has 2 heteroatoms. The lowest BCUT2D eigenvalue weighted by Crippen LogP contribution is -1.93. The van der Waals surface area contributed by atoms with E-state index in [2.05, 4.69) is 60.8 Å². The van der Waals surface area contributed by atoms with Crippen molar-refractivity contribution in [3.8, 4) is 0 Å². The first-order valence-corrected chi connectivity index (χ1v) is 6.82. The molecule has 100 valence electrons. The molecular weight excluding hydrogens is 244 g/mol. The Balaban J connectivity index is 2.13. The number of fused-ring (bicyclic) bond motifs is 1. The maximum Gasteiger partial charge on any atom is 0.0872 e. The van der Waals surface area contributed by atoms with Crippen LogP contribution in [0.15, 0.2) is 42.6 Å². The topological polar surface area (TPSA) is 17.8 Å². The summed E-state index contributed by atoms with van der Waals surface area (Å²) in [5.74, 6) is 0. The molecule has 1 aromatic carbocycles. The lowest BCUT2D eigenvalue weighted by molar-refractivity contribution is 0.906. The fraction of sp³-hybridized carbons (Fsp3) is 0.167. The van der Waals surface area contributed by atoms with Crippen molar-refractivity contribution in [1.29, 1.82) is 0 Å². The molecule has 0 aliphatic heterocycles. The van der Waals surface area contributed by atoms with Crippen LogP contribution in [0.2, 0.25) is 0 Å². The first-order valence-electron chi connectivity index (χ1n) is 6.82. The summed E-state index contributed by atoms with van der Waals surface area (Å²) in [5, 5.41) is 1.28. The Kier molecular flexibility index (Phi) is 3.15. The van der Waals surface area contributed by atoms with Gasteiger partial charge in [0.1, 0.15) is 0 Å². The van der Waals surface area contributed by atoms with E-state index in [9.17, 15) is 0 Å². The van der Waals surface area contributed by atoms with Crippen LogP contribution in [0.3, 0.4) is 0 Å². The first-order chi connectivity index (χ1) is 9.68. The second-order valence-electron chi connectivity index (χ2n) is 5.11. The maximum absolute atomic E-state index is 4.53. The summed E-state index contributed by atoms with van der Waals surface area (Å²) in [4.78, 5) is 4.53. The fourth-order valence-corrected chi connectivity index (χ4v) is 2.60. The van der Waals surface area contributed by atoms with Crippen LogP contribution >= 0.6 is 0 Å². The Morgan fingerprint density at radius 3 is 2.50 bits per heavy atom. The lowest BCUT2D eigenvalue weighted by atomic mass is 10.1. The summed E-state index contributed by atoms with van der Waals surface area (Å²) in [6.07, 6.45) is 6.09. The van der Waals surface area contributed by atoms with E-state index in [0.717, 1.165) is 5.69 Å². The minimum atomic E-state index is 1.02. The quantitative estimate of drug-likeness (QED) is 0.671. The number of hydrogen-bond acceptors (Lipinski definition) is 1. The van der Waals surface area contributed by atoms with Gasteiger partial charge >= 0.3 is 0 Å². The highest BCUT2D eigenvalue weighted by atomic mass is 15.0. The molecule has 0 atom stereocenters. The van der Waals surface area contributed by atoms with Gasteiger partial charge in [-0.2, -0.15) is 0 Å². The third-order valence-corrected chi connectivity index (χ3v) is 3.97. The Hall–Kier alpha value is -2.35. The van der Waals surface area contributed by atoms with Gasteiger partial charge in [-0.25, -0.2) is 0 Å². The number of rotatable bonds is 2. The Bertz CT molecular complexity index is 780. The molecule has 20 heavy (non-hydrogen) atoms. The van der Waals surface area contributed by atoms with Gasteiger partial charge in [-0.05, 0) is 37.1 Å². The largest absolute Gasteiger partial charge is 0.346 e. The van der Waals surface area contributed by atoms with Crippen LogP contribution in [-0.4, -0.2) is 9.55 Å². The minimum Gasteiger partial charge on any atom is -0.346 e. The molecule has 0 saturated carbocycles. The summed E-state index contributed by atoms with van der Waals surface area (Å²) in [7, 11) is 2.10. The molecule has 3 rings (SSSR count). The van der Waals surface area contributed by atoms with Crippen molar-refractivity contribution in [1.82, 2.24) is 9.55 Å². The Morgan fingerprint density at radius 1 is 1.00 bits per heavy atom. The highest BCUT2D eigenvalue weighted by Crippen LogP contribution is 2.26. The highest BCUT2D eigenvalue weighted by Gasteiger charge is 2.10. The van der Waals surface area contributed by atoms with Crippen LogP contribution in [0.5, 0.6) is 0 Å². The van der Waals surface area contributed by atoms with E-state index >= 15 is 0 Å². The molecule has 0 radical (unpaired) electrons. The van der Waals surface area contributed by atoms with E-state index < -0.39 is 0 Å². The number of hydrogen-bond donors (Lipinski definition) is 0. The molecule has 0 N–H and O–H groups in total. The normalized spacial score (nSPS) is 11.6. The monoisotopic (exact) mass is 262 g/mol. The summed E-state index contributed by atoms with van der Waals surface area (Å²) in [5.41, 5.74) is 6.04. The summed E-state index contributed by atoms with van der Waals surface area (Å²) in [6.45, 7) is 4.32. The van der Waals surface area contributed by atoms with Gasteiger partial charge in [-0.15, -0.1) is 0 Å². The van der Waals surface area contributed by atoms with E-state index in [4.69, 9.17) is 0 Å². The minimum absolute atomic E-state index is 1.02. The molecule has 2 aromatic heterocycles. The second-order valence-corrected chi connectivity index (χ2v) is 5.11. The number of benzene rings is 1. The van der Waals surface area contributed by atoms with Gasteiger partial charge in [0.05, 0.1) is 11.2 Å². The molecule has 0 saturated heterocycles. The van der Waals surface area contributed by atoms with Crippen LogP contribution in [0.4, 0.5) is 0 Å². The van der Waals surface area contributed by atoms with Crippen LogP contribution in [0.1, 0.15) is 22.5 Å². The first kappa shape index (κ1) is 12.7. The molecule has 0 bridgehead atoms. The molecule has 3 aromatic rings. The molecule has 2 heterocycles. The predicted octanol–water partition coefficient (Wildman–Crippen LogP) is 4.36. The molecule has 0 aliphatic rings. The van der Waals surface area contributed by atoms with Crippen LogP contribution in [0, 0.1) is 13.8 Å². The van der Waals surface area contributed by atoms with Crippen molar-refractivity contribution >= 4 is 23.1 Å². The second kappa shape index (κ2) is 4.97. The Morgan fingerprint density at radius 2 is 1.75 bits per heavy atom. The summed E-state index contributed by atoms with van der Waals surface area (Å²) >= 11 is 0. The lowest BCUT2D eigenvalue weighted by Gasteiger charge is -2.02. The van der Waals surface area contributed by atoms with Crippen LogP contribution in [-0.2, 0) is 7.05 Å². The van der Waals surface area contributed by atoms with E-state index in [1.54, 1.807) is 0 Å². The smallest absolute Gasteiger partial charge is 0.0872 e. The molecule has 0 amide bonds. The fourth-order valence-electron chi connectivity index (χ4n) is 2.60. The SMILES string of the molecule is Cc1c(C)n(C)c2c(C=Cc3ccccc3)nccc12. The highest BCUT2D eigenvalue weighted by molar-refractivity contribution is 5.92. The van der Waals surface area contributed by atoms with Gasteiger partial charge < -0.3 is 4.57 Å². The third-order valence-electron chi connectivity index (χ3n) is 3.97. The number of aryl methyl sites for hydroxylation is 2. The van der Waals surface area contributed by atoms with E-state index in [-0.39, 0.29) is 0 Å². The summed E-state index contributed by atoms with van der Waals surface area (Å²) in [6, 6.07) is 12.4. The van der Waals surface area contributed by atoms with Crippen molar-refractivity contribution in [2.45, 2.75) is 13.8 Å². The molecule has 0 spiro atoms. The van der Waals surface area contributed by atoms with Crippen LogP contribution in [0.25, 0.3) is 23.1 Å². The summed E-state index contributed by atoms with van der Waals surface area (Å²) < 4.78 is 2.22. The van der Waals surface area contributed by atoms with E-state index in [1.807, 2.05) is 24.4 Å². The predicted molar refractivity (Wildman–Crippen MR) is 85.6 cm³/mol. The number of nitrogens with zero attached hydrogens (tertiary/aromatic N) is 2. The number of pyridine rings is 1. The van der Waals surface area contributed by atoms with Gasteiger partial charge in [0.2, 0.25) is 0 Å². The molecule has 0 unspecified atom stereocenters. The zero-order valence-corrected chi connectivity index (χ0v) is 12.1. The van der Waals surface area contributed by atoms with Crippen molar-refractivity contribution in [2.75, 3.05) is 0 Å². The zero-order valence-electron chi connectivity index (χ0n) is 12.1. The van der Waals surface area contributed by atoms with Gasteiger partial charge in [0.15, 0.2) is 0 Å². The molecule has 2 nitrogen and oxygen atoms in total. The van der Waals surface area contributed by atoms with Crippen LogP contribution < -0.4 is 0 Å². The third kappa shape index (κ3) is 2.03. The molecule has 0 aliphatic carbocycles. The van der Waals surface area contributed by atoms with Crippen molar-refractivity contribution in [2.24, 2.45) is 7.05 Å². The number of aromatic nitrogens is 2. The van der Waals surface area contributed by atoms with E-state index in [1.165, 1.54) is 27.7 Å². The average Bonchev–Trinajstić information content (AvgIpc) is 2.72. The van der Waals surface area contributed by atoms with Gasteiger partial charge in [-0.3, -0.25) is 4.98 Å². The molecular formula is C18H18N2. The Labute approximate surface area is 119 Å². The maximum atomic E-state index is 4.53. The van der Waals surface area contributed by atoms with Crippen molar-refractivity contribution in [3.63, 3.8) is 0 Å². The van der Waals surface area contributed by atoms with Gasteiger partial charge in [-0.1, -0.05) is 36.4 Å². The molecule has 0 fully saturated rings. The van der Waals surface area contributed by atoms with Crippen molar-refractivity contribution < 1.29 is 0 Å². The standard InChI is InChI=1S/C18H18N2/c1-13-14(2)20(3)18-16(13)11-12-19-17(18)10-9-15-7-5-4-6-8-15/h4-12H,1-3H3. The van der Waals surface area contributed by atoms with E-state index in [0.29, 0.717) is 0 Å².